The van der Waals surface area contributed by atoms with Gasteiger partial charge in [0.05, 0.1) is 6.04 Å². The minimum Gasteiger partial charge on any atom is -0.354 e. The third kappa shape index (κ3) is 4.48. The number of carbonyl (C=O) groups is 1. The lowest BCUT2D eigenvalue weighted by Crippen LogP contribution is -2.41. The summed E-state index contributed by atoms with van der Waals surface area (Å²) >= 11 is 5.80. The van der Waals surface area contributed by atoms with E-state index in [-0.39, 0.29) is 24.4 Å². The molecule has 1 saturated heterocycles. The number of carbonyl (C=O) groups excluding carboxylic acids is 1. The molecule has 1 amide bonds. The third-order valence-corrected chi connectivity index (χ3v) is 3.25. The van der Waals surface area contributed by atoms with Gasteiger partial charge in [0, 0.05) is 11.6 Å². The molecule has 100 valence electrons. The molecule has 1 atom stereocenters. The molecule has 0 bridgehead atoms. The molecule has 18 heavy (non-hydrogen) atoms. The van der Waals surface area contributed by atoms with Gasteiger partial charge in [-0.05, 0) is 43.5 Å². The average molecular weight is 289 g/mol. The fourth-order valence-corrected chi connectivity index (χ4v) is 2.14. The maximum Gasteiger partial charge on any atom is 0.237 e. The van der Waals surface area contributed by atoms with E-state index in [0.29, 0.717) is 6.54 Å². The molecule has 0 spiro atoms. The summed E-state index contributed by atoms with van der Waals surface area (Å²) in [5.74, 6) is 0.122. The van der Waals surface area contributed by atoms with E-state index in [9.17, 15) is 4.79 Å². The van der Waals surface area contributed by atoms with Gasteiger partial charge in [-0.3, -0.25) is 4.79 Å². The summed E-state index contributed by atoms with van der Waals surface area (Å²) < 4.78 is 0. The largest absolute Gasteiger partial charge is 0.354 e. The van der Waals surface area contributed by atoms with E-state index in [2.05, 4.69) is 10.6 Å². The molecule has 3 nitrogen and oxygen atoms in total. The lowest BCUT2D eigenvalue weighted by atomic mass is 10.1. The highest BCUT2D eigenvalue weighted by molar-refractivity contribution is 6.30. The molecule has 0 aromatic heterocycles. The molecule has 1 aliphatic rings. The molecular weight excluding hydrogens is 271 g/mol. The second-order valence-corrected chi connectivity index (χ2v) is 4.75. The number of rotatable bonds is 4. The van der Waals surface area contributed by atoms with Crippen LogP contribution in [-0.2, 0) is 11.2 Å². The average Bonchev–Trinajstić information content (AvgIpc) is 2.85. The van der Waals surface area contributed by atoms with E-state index < -0.39 is 0 Å². The van der Waals surface area contributed by atoms with Crippen molar-refractivity contribution in [2.24, 2.45) is 0 Å². The molecule has 1 aromatic rings. The highest BCUT2D eigenvalue weighted by Gasteiger charge is 2.20. The van der Waals surface area contributed by atoms with E-state index in [1.807, 2.05) is 24.3 Å². The van der Waals surface area contributed by atoms with Crippen molar-refractivity contribution in [3.8, 4) is 0 Å². The van der Waals surface area contributed by atoms with Gasteiger partial charge in [-0.25, -0.2) is 0 Å². The van der Waals surface area contributed by atoms with Crippen LogP contribution in [0.15, 0.2) is 24.3 Å². The Bertz CT molecular complexity index is 375. The quantitative estimate of drug-likeness (QED) is 0.892. The lowest BCUT2D eigenvalue weighted by molar-refractivity contribution is -0.122. The van der Waals surface area contributed by atoms with E-state index in [1.165, 1.54) is 5.56 Å². The molecule has 1 aliphatic heterocycles. The first-order valence-corrected chi connectivity index (χ1v) is 6.39. The van der Waals surface area contributed by atoms with Crippen molar-refractivity contribution in [3.05, 3.63) is 34.9 Å². The summed E-state index contributed by atoms with van der Waals surface area (Å²) in [6, 6.07) is 7.74. The van der Waals surface area contributed by atoms with E-state index in [4.69, 9.17) is 11.6 Å². The molecule has 0 saturated carbocycles. The molecule has 0 aliphatic carbocycles. The fourth-order valence-electron chi connectivity index (χ4n) is 2.01. The lowest BCUT2D eigenvalue weighted by Gasteiger charge is -2.10. The van der Waals surface area contributed by atoms with Crippen LogP contribution in [0.25, 0.3) is 0 Å². The molecule has 5 heteroatoms. The second-order valence-electron chi connectivity index (χ2n) is 4.32. The molecule has 1 heterocycles. The van der Waals surface area contributed by atoms with Gasteiger partial charge in [0.2, 0.25) is 5.91 Å². The van der Waals surface area contributed by atoms with Gasteiger partial charge in [0.15, 0.2) is 0 Å². The van der Waals surface area contributed by atoms with E-state index in [1.54, 1.807) is 0 Å². The summed E-state index contributed by atoms with van der Waals surface area (Å²) in [5.41, 5.74) is 1.19. The third-order valence-electron chi connectivity index (χ3n) is 3.00. The van der Waals surface area contributed by atoms with Crippen molar-refractivity contribution in [1.82, 2.24) is 10.6 Å². The van der Waals surface area contributed by atoms with Crippen molar-refractivity contribution in [3.63, 3.8) is 0 Å². The Morgan fingerprint density at radius 1 is 1.39 bits per heavy atom. The van der Waals surface area contributed by atoms with Gasteiger partial charge in [-0.15, -0.1) is 12.4 Å². The zero-order chi connectivity index (χ0) is 12.1. The second kappa shape index (κ2) is 7.62. The fraction of sp³-hybridized carbons (Fsp3) is 0.462. The van der Waals surface area contributed by atoms with Gasteiger partial charge in [0.1, 0.15) is 0 Å². The van der Waals surface area contributed by atoms with Crippen LogP contribution in [0.1, 0.15) is 18.4 Å². The maximum atomic E-state index is 11.7. The van der Waals surface area contributed by atoms with Crippen molar-refractivity contribution in [1.29, 1.82) is 0 Å². The molecule has 0 unspecified atom stereocenters. The smallest absolute Gasteiger partial charge is 0.237 e. The molecule has 2 rings (SSSR count). The Kier molecular flexibility index (Phi) is 6.47. The predicted octanol–water partition coefficient (Wildman–Crippen LogP) is 2.17. The van der Waals surface area contributed by atoms with Crippen LogP contribution < -0.4 is 10.6 Å². The Morgan fingerprint density at radius 3 is 2.72 bits per heavy atom. The molecular formula is C13H18Cl2N2O. The van der Waals surface area contributed by atoms with E-state index >= 15 is 0 Å². The van der Waals surface area contributed by atoms with Crippen LogP contribution in [0.4, 0.5) is 0 Å². The molecule has 1 fully saturated rings. The summed E-state index contributed by atoms with van der Waals surface area (Å²) in [6.07, 6.45) is 2.89. The van der Waals surface area contributed by atoms with Crippen LogP contribution in [-0.4, -0.2) is 25.0 Å². The zero-order valence-electron chi connectivity index (χ0n) is 10.1. The summed E-state index contributed by atoms with van der Waals surface area (Å²) in [4.78, 5) is 11.7. The number of amides is 1. The minimum absolute atomic E-state index is 0. The standard InChI is InChI=1S/C13H17ClN2O.ClH/c14-11-5-3-10(4-6-11)7-9-16-13(17)12-2-1-8-15-12;/h3-6,12,15H,1-2,7-9H2,(H,16,17);1H/t12-;/m0./s1. The van der Waals surface area contributed by atoms with E-state index in [0.717, 1.165) is 30.8 Å². The van der Waals surface area contributed by atoms with Gasteiger partial charge < -0.3 is 10.6 Å². The SMILES string of the molecule is Cl.O=C(NCCc1ccc(Cl)cc1)[C@@H]1CCCN1. The van der Waals surface area contributed by atoms with Gasteiger partial charge in [-0.1, -0.05) is 23.7 Å². The topological polar surface area (TPSA) is 41.1 Å². The number of hydrogen-bond donors (Lipinski definition) is 2. The number of nitrogens with one attached hydrogen (secondary N) is 2. The minimum atomic E-state index is 0. The number of halogens is 2. The Labute approximate surface area is 119 Å². The molecule has 0 radical (unpaired) electrons. The van der Waals surface area contributed by atoms with Crippen LogP contribution in [0.5, 0.6) is 0 Å². The van der Waals surface area contributed by atoms with Crippen LogP contribution in [0, 0.1) is 0 Å². The predicted molar refractivity (Wildman–Crippen MR) is 76.4 cm³/mol. The van der Waals surface area contributed by atoms with Crippen LogP contribution >= 0.6 is 24.0 Å². The first-order chi connectivity index (χ1) is 8.25. The van der Waals surface area contributed by atoms with Crippen molar-refractivity contribution in [2.75, 3.05) is 13.1 Å². The van der Waals surface area contributed by atoms with Crippen LogP contribution in [0.3, 0.4) is 0 Å². The van der Waals surface area contributed by atoms with Gasteiger partial charge in [-0.2, -0.15) is 0 Å². The molecule has 1 aromatic carbocycles. The summed E-state index contributed by atoms with van der Waals surface area (Å²) in [6.45, 7) is 1.63. The Hall–Kier alpha value is -0.770. The number of benzene rings is 1. The summed E-state index contributed by atoms with van der Waals surface area (Å²) in [7, 11) is 0. The van der Waals surface area contributed by atoms with Crippen molar-refractivity contribution < 1.29 is 4.79 Å². The highest BCUT2D eigenvalue weighted by Crippen LogP contribution is 2.09. The normalized spacial score (nSPS) is 18.2. The first-order valence-electron chi connectivity index (χ1n) is 6.01. The summed E-state index contributed by atoms with van der Waals surface area (Å²) in [5, 5.41) is 6.88. The Morgan fingerprint density at radius 2 is 2.11 bits per heavy atom. The number of hydrogen-bond acceptors (Lipinski definition) is 2. The monoisotopic (exact) mass is 288 g/mol. The van der Waals surface area contributed by atoms with Crippen LogP contribution in [0.2, 0.25) is 5.02 Å². The maximum absolute atomic E-state index is 11.7. The van der Waals surface area contributed by atoms with Crippen molar-refractivity contribution >= 4 is 29.9 Å². The van der Waals surface area contributed by atoms with Gasteiger partial charge in [0.25, 0.3) is 0 Å². The highest BCUT2D eigenvalue weighted by atomic mass is 35.5. The first kappa shape index (κ1) is 15.3. The van der Waals surface area contributed by atoms with Gasteiger partial charge >= 0.3 is 0 Å². The van der Waals surface area contributed by atoms with Crippen molar-refractivity contribution in [2.45, 2.75) is 25.3 Å². The zero-order valence-corrected chi connectivity index (χ0v) is 11.7. The molecule has 2 N–H and O–H groups in total. The Balaban J connectivity index is 0.00000162.